The van der Waals surface area contributed by atoms with Crippen LogP contribution >= 0.6 is 45.9 Å². The van der Waals surface area contributed by atoms with Crippen molar-refractivity contribution < 1.29 is 14.7 Å². The summed E-state index contributed by atoms with van der Waals surface area (Å²) >= 11 is 14.5. The van der Waals surface area contributed by atoms with Gasteiger partial charge in [0.1, 0.15) is 10.8 Å². The number of carbonyl (C=O) groups is 2. The van der Waals surface area contributed by atoms with Crippen molar-refractivity contribution in [3.63, 3.8) is 0 Å². The fourth-order valence-corrected chi connectivity index (χ4v) is 4.13. The van der Waals surface area contributed by atoms with E-state index >= 15 is 0 Å². The predicted molar refractivity (Wildman–Crippen MR) is 103 cm³/mol. The van der Waals surface area contributed by atoms with Crippen molar-refractivity contribution in [1.82, 2.24) is 15.8 Å². The first kappa shape index (κ1) is 18.7. The third-order valence-electron chi connectivity index (χ3n) is 3.20. The minimum atomic E-state index is -0.675. The van der Waals surface area contributed by atoms with Crippen molar-refractivity contribution in [2.24, 2.45) is 0 Å². The number of rotatable bonds is 4. The van der Waals surface area contributed by atoms with Crippen LogP contribution in [0, 0.1) is 0 Å². The van der Waals surface area contributed by atoms with E-state index in [0.717, 1.165) is 9.88 Å². The number of aromatic nitrogens is 1. The lowest BCUT2D eigenvalue weighted by Crippen LogP contribution is -2.42. The number of hydrogen-bond donors (Lipinski definition) is 3. The summed E-state index contributed by atoms with van der Waals surface area (Å²) < 4.78 is 0.668. The molecule has 0 bridgehead atoms. The molecule has 3 N–H and O–H groups in total. The Morgan fingerprint density at radius 3 is 2.69 bits per heavy atom. The van der Waals surface area contributed by atoms with Gasteiger partial charge in [0, 0.05) is 10.4 Å². The molecule has 2 amide bonds. The summed E-state index contributed by atoms with van der Waals surface area (Å²) in [5, 5.41) is 12.5. The van der Waals surface area contributed by atoms with E-state index in [-0.39, 0.29) is 17.7 Å². The van der Waals surface area contributed by atoms with Crippen LogP contribution < -0.4 is 10.9 Å². The highest BCUT2D eigenvalue weighted by Crippen LogP contribution is 2.32. The van der Waals surface area contributed by atoms with Crippen LogP contribution in [-0.2, 0) is 11.2 Å². The number of amides is 2. The third-order valence-corrected chi connectivity index (χ3v) is 5.72. The number of aromatic hydroxyl groups is 1. The first-order chi connectivity index (χ1) is 12.4. The number of halogens is 2. The molecule has 0 aliphatic carbocycles. The van der Waals surface area contributed by atoms with Gasteiger partial charge in [0.2, 0.25) is 5.91 Å². The van der Waals surface area contributed by atoms with Gasteiger partial charge in [0.15, 0.2) is 0 Å². The summed E-state index contributed by atoms with van der Waals surface area (Å²) in [4.78, 5) is 29.3. The third kappa shape index (κ3) is 4.53. The molecule has 0 unspecified atom stereocenters. The lowest BCUT2D eigenvalue weighted by molar-refractivity contribution is -0.121. The molecule has 0 fully saturated rings. The largest absolute Gasteiger partial charge is 0.507 e. The zero-order chi connectivity index (χ0) is 18.7. The number of phenolic OH excluding ortho intramolecular Hbond substituents is 1. The lowest BCUT2D eigenvalue weighted by atomic mass is 10.2. The normalized spacial score (nSPS) is 10.5. The molecule has 2 aromatic heterocycles. The number of phenols is 1. The van der Waals surface area contributed by atoms with Crippen molar-refractivity contribution in [2.75, 3.05) is 0 Å². The molecule has 0 aliphatic heterocycles. The fourth-order valence-electron chi connectivity index (χ4n) is 2.02. The summed E-state index contributed by atoms with van der Waals surface area (Å²) in [6, 6.07) is 7.71. The minimum Gasteiger partial charge on any atom is -0.507 e. The molecular formula is C16H11Cl2N3O3S2. The van der Waals surface area contributed by atoms with E-state index in [1.54, 1.807) is 11.4 Å². The number of thiophene rings is 1. The number of hydrogen-bond acceptors (Lipinski definition) is 6. The second-order valence-electron chi connectivity index (χ2n) is 5.09. The highest BCUT2D eigenvalue weighted by Gasteiger charge is 2.14. The van der Waals surface area contributed by atoms with Gasteiger partial charge < -0.3 is 5.11 Å². The first-order valence-corrected chi connectivity index (χ1v) is 9.65. The van der Waals surface area contributed by atoms with Crippen LogP contribution in [0.5, 0.6) is 5.75 Å². The second kappa shape index (κ2) is 8.05. The van der Waals surface area contributed by atoms with Gasteiger partial charge in [0.25, 0.3) is 5.91 Å². The standard InChI is InChI=1S/C16H11Cl2N3O3S2/c17-8-1-2-11(22)10(5-8)15(24)21-20-14(23)6-9-7-25-16(19-9)12-3-4-13(18)26-12/h1-5,7,22H,6H2,(H,20,23)(H,21,24). The molecule has 26 heavy (non-hydrogen) atoms. The fraction of sp³-hybridized carbons (Fsp3) is 0.0625. The molecule has 0 saturated carbocycles. The van der Waals surface area contributed by atoms with E-state index in [9.17, 15) is 14.7 Å². The molecule has 3 rings (SSSR count). The quantitative estimate of drug-likeness (QED) is 0.550. The SMILES string of the molecule is O=C(Cc1csc(-c2ccc(Cl)s2)n1)NNC(=O)c1cc(Cl)ccc1O. The van der Waals surface area contributed by atoms with Crippen LogP contribution in [0.25, 0.3) is 9.88 Å². The molecule has 0 radical (unpaired) electrons. The maximum atomic E-state index is 12.0. The maximum Gasteiger partial charge on any atom is 0.273 e. The van der Waals surface area contributed by atoms with Crippen LogP contribution in [0.1, 0.15) is 16.1 Å². The summed E-state index contributed by atoms with van der Waals surface area (Å²) in [5.41, 5.74) is 5.05. The van der Waals surface area contributed by atoms with Gasteiger partial charge in [-0.15, -0.1) is 22.7 Å². The zero-order valence-electron chi connectivity index (χ0n) is 13.0. The Hall–Kier alpha value is -2.13. The highest BCUT2D eigenvalue weighted by atomic mass is 35.5. The molecular weight excluding hydrogens is 417 g/mol. The summed E-state index contributed by atoms with van der Waals surface area (Å²) in [7, 11) is 0. The molecule has 0 saturated heterocycles. The van der Waals surface area contributed by atoms with Gasteiger partial charge in [0.05, 0.1) is 26.9 Å². The highest BCUT2D eigenvalue weighted by molar-refractivity contribution is 7.23. The Balaban J connectivity index is 1.57. The predicted octanol–water partition coefficient (Wildman–Crippen LogP) is 3.89. The lowest BCUT2D eigenvalue weighted by Gasteiger charge is -2.08. The Morgan fingerprint density at radius 2 is 1.96 bits per heavy atom. The van der Waals surface area contributed by atoms with Gasteiger partial charge in [-0.3, -0.25) is 20.4 Å². The van der Waals surface area contributed by atoms with Crippen molar-refractivity contribution in [3.05, 3.63) is 56.3 Å². The number of nitrogens with one attached hydrogen (secondary N) is 2. The van der Waals surface area contributed by atoms with Crippen LogP contribution in [0.4, 0.5) is 0 Å². The van der Waals surface area contributed by atoms with E-state index < -0.39 is 11.8 Å². The van der Waals surface area contributed by atoms with Crippen LogP contribution in [0.2, 0.25) is 9.36 Å². The van der Waals surface area contributed by atoms with E-state index in [1.807, 2.05) is 6.07 Å². The summed E-state index contributed by atoms with van der Waals surface area (Å²) in [6.07, 6.45) is -0.00256. The summed E-state index contributed by atoms with van der Waals surface area (Å²) in [6.45, 7) is 0. The molecule has 1 aromatic carbocycles. The van der Waals surface area contributed by atoms with E-state index in [1.165, 1.54) is 40.9 Å². The van der Waals surface area contributed by atoms with Crippen LogP contribution in [0.15, 0.2) is 35.7 Å². The topological polar surface area (TPSA) is 91.3 Å². The number of hydrazine groups is 1. The van der Waals surface area contributed by atoms with Crippen molar-refractivity contribution in [3.8, 4) is 15.6 Å². The Kier molecular flexibility index (Phi) is 5.77. The van der Waals surface area contributed by atoms with Gasteiger partial charge in [-0.2, -0.15) is 0 Å². The molecule has 0 spiro atoms. The Morgan fingerprint density at radius 1 is 1.15 bits per heavy atom. The van der Waals surface area contributed by atoms with Crippen molar-refractivity contribution in [1.29, 1.82) is 0 Å². The van der Waals surface area contributed by atoms with Gasteiger partial charge >= 0.3 is 0 Å². The number of carbonyl (C=O) groups excluding carboxylic acids is 2. The number of benzene rings is 1. The van der Waals surface area contributed by atoms with Crippen LogP contribution in [0.3, 0.4) is 0 Å². The summed E-state index contributed by atoms with van der Waals surface area (Å²) in [5.74, 6) is -1.36. The molecule has 2 heterocycles. The average Bonchev–Trinajstić information content (AvgIpc) is 3.23. The molecule has 134 valence electrons. The number of nitrogens with zero attached hydrogens (tertiary/aromatic N) is 1. The second-order valence-corrected chi connectivity index (χ2v) is 8.10. The molecule has 0 aliphatic rings. The van der Waals surface area contributed by atoms with Gasteiger partial charge in [-0.05, 0) is 30.3 Å². The molecule has 6 nitrogen and oxygen atoms in total. The minimum absolute atomic E-state index is 0.00256. The maximum absolute atomic E-state index is 12.0. The average molecular weight is 428 g/mol. The van der Waals surface area contributed by atoms with Crippen LogP contribution in [-0.4, -0.2) is 21.9 Å². The molecule has 3 aromatic rings. The molecule has 0 atom stereocenters. The van der Waals surface area contributed by atoms with Crippen molar-refractivity contribution in [2.45, 2.75) is 6.42 Å². The first-order valence-electron chi connectivity index (χ1n) is 7.20. The molecule has 10 heteroatoms. The number of thiazole rings is 1. The zero-order valence-corrected chi connectivity index (χ0v) is 16.1. The van der Waals surface area contributed by atoms with Gasteiger partial charge in [-0.25, -0.2) is 4.98 Å². The smallest absolute Gasteiger partial charge is 0.273 e. The van der Waals surface area contributed by atoms with E-state index in [0.29, 0.717) is 15.1 Å². The monoisotopic (exact) mass is 427 g/mol. The van der Waals surface area contributed by atoms with Gasteiger partial charge in [-0.1, -0.05) is 23.2 Å². The Labute approximate surface area is 166 Å². The Bertz CT molecular complexity index is 971. The van der Waals surface area contributed by atoms with E-state index in [4.69, 9.17) is 23.2 Å². The van der Waals surface area contributed by atoms with E-state index in [2.05, 4.69) is 15.8 Å². The van der Waals surface area contributed by atoms with Crippen molar-refractivity contribution >= 4 is 57.7 Å².